The molecule has 1 amide bonds. The normalized spacial score (nSPS) is 14.0. The minimum atomic E-state index is -3.65. The maximum absolute atomic E-state index is 13.0. The Morgan fingerprint density at radius 3 is 2.03 bits per heavy atom. The van der Waals surface area contributed by atoms with Crippen LogP contribution in [0.5, 0.6) is 5.75 Å². The molecule has 0 saturated carbocycles. The number of hydrogen-bond donors (Lipinski definition) is 0. The molecule has 3 aromatic rings. The average Bonchev–Trinajstić information content (AvgIpc) is 2.89. The Bertz CT molecular complexity index is 1180. The summed E-state index contributed by atoms with van der Waals surface area (Å²) in [7, 11) is -3.65. The number of benzene rings is 3. The Morgan fingerprint density at radius 1 is 0.853 bits per heavy atom. The van der Waals surface area contributed by atoms with Crippen LogP contribution >= 0.6 is 0 Å². The van der Waals surface area contributed by atoms with E-state index in [4.69, 9.17) is 4.74 Å². The number of rotatable bonds is 8. The van der Waals surface area contributed by atoms with Gasteiger partial charge in [-0.1, -0.05) is 36.4 Å². The maximum atomic E-state index is 13.0. The molecule has 0 radical (unpaired) electrons. The third-order valence-corrected chi connectivity index (χ3v) is 7.78. The number of piperazine rings is 1. The summed E-state index contributed by atoms with van der Waals surface area (Å²) in [4.78, 5) is 17.0. The number of anilines is 2. The minimum absolute atomic E-state index is 0.0511. The fraction of sp³-hybridized carbons (Fsp3) is 0.269. The highest BCUT2D eigenvalue weighted by atomic mass is 32.2. The van der Waals surface area contributed by atoms with Crippen LogP contribution in [-0.2, 0) is 14.8 Å². The van der Waals surface area contributed by atoms with Gasteiger partial charge in [-0.25, -0.2) is 8.42 Å². The molecule has 0 N–H and O–H groups in total. The van der Waals surface area contributed by atoms with Crippen molar-refractivity contribution in [3.8, 4) is 5.75 Å². The zero-order valence-electron chi connectivity index (χ0n) is 19.2. The zero-order chi connectivity index (χ0) is 24.0. The Morgan fingerprint density at radius 2 is 1.44 bits per heavy atom. The fourth-order valence-corrected chi connectivity index (χ4v) is 5.50. The number of nitrogens with zero attached hydrogens (tertiary/aromatic N) is 3. The van der Waals surface area contributed by atoms with Gasteiger partial charge in [-0.05, 0) is 55.5 Å². The van der Waals surface area contributed by atoms with Crippen molar-refractivity contribution in [3.63, 3.8) is 0 Å². The molecule has 7 nitrogen and oxygen atoms in total. The molecule has 0 aromatic heterocycles. The second-order valence-corrected chi connectivity index (χ2v) is 9.83. The topological polar surface area (TPSA) is 70.2 Å². The van der Waals surface area contributed by atoms with E-state index in [1.54, 1.807) is 61.5 Å². The first-order chi connectivity index (χ1) is 16.5. The van der Waals surface area contributed by atoms with Crippen LogP contribution in [0.15, 0.2) is 89.8 Å². The molecule has 1 saturated heterocycles. The van der Waals surface area contributed by atoms with Crippen LogP contribution in [0.1, 0.15) is 6.92 Å². The maximum Gasteiger partial charge on any atom is 0.264 e. The predicted octanol–water partition coefficient (Wildman–Crippen LogP) is 3.63. The number of amides is 1. The lowest BCUT2D eigenvalue weighted by atomic mass is 10.2. The summed E-state index contributed by atoms with van der Waals surface area (Å²) in [5.74, 6) is 0.465. The molecule has 0 spiro atoms. The third-order valence-electron chi connectivity index (χ3n) is 5.86. The van der Waals surface area contributed by atoms with E-state index in [9.17, 15) is 13.2 Å². The van der Waals surface area contributed by atoms with Gasteiger partial charge in [-0.3, -0.25) is 9.10 Å². The summed E-state index contributed by atoms with van der Waals surface area (Å²) in [5, 5.41) is 0. The fourth-order valence-electron chi connectivity index (χ4n) is 4.01. The Kier molecular flexibility index (Phi) is 7.37. The van der Waals surface area contributed by atoms with E-state index in [0.29, 0.717) is 31.1 Å². The van der Waals surface area contributed by atoms with Crippen molar-refractivity contribution in [3.05, 3.63) is 84.9 Å². The Labute approximate surface area is 201 Å². The molecule has 8 heteroatoms. The van der Waals surface area contributed by atoms with E-state index in [0.717, 1.165) is 13.1 Å². The highest BCUT2D eigenvalue weighted by molar-refractivity contribution is 7.92. The summed E-state index contributed by atoms with van der Waals surface area (Å²) in [6, 6.07) is 25.3. The number of sulfonamides is 1. The summed E-state index contributed by atoms with van der Waals surface area (Å²) in [5.41, 5.74) is 1.71. The molecule has 1 aliphatic rings. The van der Waals surface area contributed by atoms with Gasteiger partial charge in [0.1, 0.15) is 5.75 Å². The SMILES string of the molecule is CCN(c1ccc(OCC(=O)N2CCN(c3ccccc3)CC2)cc1)S(=O)(=O)c1ccccc1. The summed E-state index contributed by atoms with van der Waals surface area (Å²) < 4.78 is 33.0. The molecule has 0 unspecified atom stereocenters. The van der Waals surface area contributed by atoms with E-state index >= 15 is 0 Å². The van der Waals surface area contributed by atoms with Crippen LogP contribution in [0.3, 0.4) is 0 Å². The molecule has 178 valence electrons. The van der Waals surface area contributed by atoms with Gasteiger partial charge in [-0.15, -0.1) is 0 Å². The van der Waals surface area contributed by atoms with Crippen LogP contribution in [0.4, 0.5) is 11.4 Å². The number of carbonyl (C=O) groups excluding carboxylic acids is 1. The van der Waals surface area contributed by atoms with Crippen LogP contribution in [-0.4, -0.2) is 58.6 Å². The van der Waals surface area contributed by atoms with Gasteiger partial charge in [0.15, 0.2) is 6.61 Å². The molecule has 1 aliphatic heterocycles. The van der Waals surface area contributed by atoms with E-state index in [1.807, 2.05) is 23.1 Å². The van der Waals surface area contributed by atoms with Crippen molar-refractivity contribution in [2.75, 3.05) is 48.5 Å². The largest absolute Gasteiger partial charge is 0.484 e. The van der Waals surface area contributed by atoms with Crippen molar-refractivity contribution in [2.45, 2.75) is 11.8 Å². The van der Waals surface area contributed by atoms with Crippen molar-refractivity contribution in [1.82, 2.24) is 4.90 Å². The van der Waals surface area contributed by atoms with E-state index in [-0.39, 0.29) is 17.4 Å². The first-order valence-electron chi connectivity index (χ1n) is 11.4. The highest BCUT2D eigenvalue weighted by Gasteiger charge is 2.24. The van der Waals surface area contributed by atoms with Gasteiger partial charge in [0, 0.05) is 38.4 Å². The van der Waals surface area contributed by atoms with Gasteiger partial charge in [0.25, 0.3) is 15.9 Å². The lowest BCUT2D eigenvalue weighted by Crippen LogP contribution is -2.50. The first-order valence-corrected chi connectivity index (χ1v) is 12.8. The zero-order valence-corrected chi connectivity index (χ0v) is 20.0. The van der Waals surface area contributed by atoms with Crippen LogP contribution < -0.4 is 13.9 Å². The molecular weight excluding hydrogens is 450 g/mol. The number of carbonyl (C=O) groups is 1. The molecule has 0 bridgehead atoms. The van der Waals surface area contributed by atoms with Crippen molar-refractivity contribution >= 4 is 27.3 Å². The molecule has 1 heterocycles. The van der Waals surface area contributed by atoms with E-state index < -0.39 is 10.0 Å². The number of hydrogen-bond acceptors (Lipinski definition) is 5. The molecular formula is C26H29N3O4S. The summed E-state index contributed by atoms with van der Waals surface area (Å²) in [6.07, 6.45) is 0. The number of para-hydroxylation sites is 1. The third kappa shape index (κ3) is 5.34. The molecule has 0 aliphatic carbocycles. The molecule has 3 aromatic carbocycles. The van der Waals surface area contributed by atoms with Gasteiger partial charge in [0.2, 0.25) is 0 Å². The van der Waals surface area contributed by atoms with Gasteiger partial charge >= 0.3 is 0 Å². The summed E-state index contributed by atoms with van der Waals surface area (Å²) in [6.45, 7) is 4.91. The van der Waals surface area contributed by atoms with E-state index in [2.05, 4.69) is 17.0 Å². The lowest BCUT2D eigenvalue weighted by Gasteiger charge is -2.36. The van der Waals surface area contributed by atoms with Crippen molar-refractivity contribution in [1.29, 1.82) is 0 Å². The second kappa shape index (κ2) is 10.6. The number of ether oxygens (including phenoxy) is 1. The Balaban J connectivity index is 1.32. The monoisotopic (exact) mass is 479 g/mol. The van der Waals surface area contributed by atoms with Gasteiger partial charge < -0.3 is 14.5 Å². The summed E-state index contributed by atoms with van der Waals surface area (Å²) >= 11 is 0. The first kappa shape index (κ1) is 23.6. The van der Waals surface area contributed by atoms with Gasteiger partial charge in [-0.2, -0.15) is 0 Å². The second-order valence-electron chi connectivity index (χ2n) is 7.97. The Hall–Kier alpha value is -3.52. The van der Waals surface area contributed by atoms with Crippen LogP contribution in [0.2, 0.25) is 0 Å². The molecule has 4 rings (SSSR count). The van der Waals surface area contributed by atoms with Crippen molar-refractivity contribution in [2.24, 2.45) is 0 Å². The highest BCUT2D eigenvalue weighted by Crippen LogP contribution is 2.25. The minimum Gasteiger partial charge on any atom is -0.484 e. The molecule has 1 fully saturated rings. The van der Waals surface area contributed by atoms with Crippen LogP contribution in [0.25, 0.3) is 0 Å². The standard InChI is InChI=1S/C26H29N3O4S/c1-2-29(34(31,32)25-11-7-4-8-12-25)23-13-15-24(16-14-23)33-21-26(30)28-19-17-27(18-20-28)22-9-5-3-6-10-22/h3-16H,2,17-21H2,1H3. The van der Waals surface area contributed by atoms with Crippen molar-refractivity contribution < 1.29 is 17.9 Å². The predicted molar refractivity (Wildman–Crippen MR) is 134 cm³/mol. The van der Waals surface area contributed by atoms with E-state index in [1.165, 1.54) is 9.99 Å². The smallest absolute Gasteiger partial charge is 0.264 e. The average molecular weight is 480 g/mol. The van der Waals surface area contributed by atoms with Crippen LogP contribution in [0, 0.1) is 0 Å². The van der Waals surface area contributed by atoms with Gasteiger partial charge in [0.05, 0.1) is 10.6 Å². The molecule has 0 atom stereocenters. The lowest BCUT2D eigenvalue weighted by molar-refractivity contribution is -0.133. The molecule has 34 heavy (non-hydrogen) atoms. The quantitative estimate of drug-likeness (QED) is 0.494.